The lowest BCUT2D eigenvalue weighted by atomic mass is 10.0. The van der Waals surface area contributed by atoms with E-state index in [0.29, 0.717) is 6.61 Å². The van der Waals surface area contributed by atoms with Gasteiger partial charge in [0.15, 0.2) is 8.32 Å². The third-order valence-electron chi connectivity index (χ3n) is 8.11. The van der Waals surface area contributed by atoms with Crippen molar-refractivity contribution in [2.45, 2.75) is 88.1 Å². The Kier molecular flexibility index (Phi) is 14.0. The number of hydrogen-bond acceptors (Lipinski definition) is 6. The molecule has 1 aromatic carbocycles. The number of aryl methyl sites for hydroxylation is 1. The summed E-state index contributed by atoms with van der Waals surface area (Å²) >= 11 is 1.80. The van der Waals surface area contributed by atoms with Gasteiger partial charge in [0.1, 0.15) is 11.5 Å². The molecule has 3 rings (SSSR count). The molecule has 0 saturated carbocycles. The first-order valence-electron chi connectivity index (χ1n) is 15.3. The number of benzene rings is 1. The molecule has 5 nitrogen and oxygen atoms in total. The van der Waals surface area contributed by atoms with Gasteiger partial charge in [-0.3, -0.25) is 9.97 Å². The van der Waals surface area contributed by atoms with Crippen LogP contribution in [0.5, 0.6) is 11.5 Å². The SMILES string of the molecule is COc1ccnc(CC/C=C/CCc2c(OC)ccnc2CSc2ccccc2)c1CC/C=C/CO[Si](C)(C)C(C)(C)C. The predicted octanol–water partition coefficient (Wildman–Crippen LogP) is 9.42. The lowest BCUT2D eigenvalue weighted by Gasteiger charge is -2.35. The molecule has 0 spiro atoms. The van der Waals surface area contributed by atoms with Gasteiger partial charge in [0.25, 0.3) is 0 Å². The largest absolute Gasteiger partial charge is 0.496 e. The molecule has 0 amide bonds. The molecular weight excluding hydrogens is 569 g/mol. The molecule has 0 N–H and O–H groups in total. The van der Waals surface area contributed by atoms with Crippen LogP contribution in [0, 0.1) is 0 Å². The van der Waals surface area contributed by atoms with E-state index >= 15 is 0 Å². The second-order valence-corrected chi connectivity index (χ2v) is 18.0. The summed E-state index contributed by atoms with van der Waals surface area (Å²) in [6.45, 7) is 12.1. The number of rotatable bonds is 17. The van der Waals surface area contributed by atoms with E-state index in [-0.39, 0.29) is 5.04 Å². The van der Waals surface area contributed by atoms with Gasteiger partial charge < -0.3 is 13.9 Å². The van der Waals surface area contributed by atoms with Gasteiger partial charge in [0, 0.05) is 39.9 Å². The molecule has 2 aromatic heterocycles. The standard InChI is InChI=1S/C36H50N2O3SSi/c1-36(2,3)43(6,7)41-27-17-11-15-20-30-32(37-25-23-34(30)39-4)22-16-9-8-14-21-31-33(38-26-24-35(31)40-5)28-42-29-18-12-10-13-19-29/h8-13,17-19,23-26H,14-16,20-22,27-28H2,1-7H3/b9-8+,17-11+. The Bertz CT molecular complexity index is 1320. The van der Waals surface area contributed by atoms with Crippen LogP contribution in [0.2, 0.25) is 18.1 Å². The fourth-order valence-electron chi connectivity index (χ4n) is 4.53. The molecule has 0 fully saturated rings. The summed E-state index contributed by atoms with van der Waals surface area (Å²) in [5.41, 5.74) is 4.60. The van der Waals surface area contributed by atoms with Gasteiger partial charge in [-0.25, -0.2) is 0 Å². The third-order valence-corrected chi connectivity index (χ3v) is 13.6. The second kappa shape index (κ2) is 17.4. The number of pyridine rings is 2. The van der Waals surface area contributed by atoms with E-state index in [9.17, 15) is 0 Å². The molecular formula is C36H50N2O3SSi. The van der Waals surface area contributed by atoms with E-state index in [4.69, 9.17) is 18.9 Å². The molecule has 0 saturated heterocycles. The van der Waals surface area contributed by atoms with Crippen molar-refractivity contribution in [3.8, 4) is 11.5 Å². The van der Waals surface area contributed by atoms with Gasteiger partial charge in [0.2, 0.25) is 0 Å². The van der Waals surface area contributed by atoms with Gasteiger partial charge in [-0.15, -0.1) is 11.8 Å². The van der Waals surface area contributed by atoms with E-state index < -0.39 is 8.32 Å². The highest BCUT2D eigenvalue weighted by Gasteiger charge is 2.36. The van der Waals surface area contributed by atoms with Crippen molar-refractivity contribution >= 4 is 20.1 Å². The molecule has 0 bridgehead atoms. The number of aromatic nitrogens is 2. The van der Waals surface area contributed by atoms with Crippen LogP contribution in [0.1, 0.15) is 62.5 Å². The lowest BCUT2D eigenvalue weighted by molar-refractivity contribution is 0.327. The monoisotopic (exact) mass is 618 g/mol. The van der Waals surface area contributed by atoms with Crippen molar-refractivity contribution in [3.63, 3.8) is 0 Å². The summed E-state index contributed by atoms with van der Waals surface area (Å²) in [4.78, 5) is 10.7. The smallest absolute Gasteiger partial charge is 0.192 e. The average Bonchev–Trinajstić information content (AvgIpc) is 2.99. The minimum atomic E-state index is -1.72. The number of hydrogen-bond donors (Lipinski definition) is 0. The van der Waals surface area contributed by atoms with E-state index in [1.807, 2.05) is 30.6 Å². The second-order valence-electron chi connectivity index (χ2n) is 12.1. The number of methoxy groups -OCH3 is 2. The number of nitrogens with zero attached hydrogens (tertiary/aromatic N) is 2. The van der Waals surface area contributed by atoms with Gasteiger partial charge in [-0.2, -0.15) is 0 Å². The minimum Gasteiger partial charge on any atom is -0.496 e. The topological polar surface area (TPSA) is 53.5 Å². The first-order valence-corrected chi connectivity index (χ1v) is 19.2. The average molecular weight is 619 g/mol. The maximum atomic E-state index is 6.27. The van der Waals surface area contributed by atoms with Crippen LogP contribution in [-0.4, -0.2) is 39.1 Å². The van der Waals surface area contributed by atoms with Gasteiger partial charge in [-0.05, 0) is 80.9 Å². The summed E-state index contributed by atoms with van der Waals surface area (Å²) in [6.07, 6.45) is 18.1. The lowest BCUT2D eigenvalue weighted by Crippen LogP contribution is -2.40. The number of allylic oxidation sites excluding steroid dienone is 3. The highest BCUT2D eigenvalue weighted by molar-refractivity contribution is 7.98. The van der Waals surface area contributed by atoms with E-state index in [2.05, 4.69) is 87.4 Å². The Hall–Kier alpha value is -2.87. The zero-order chi connectivity index (χ0) is 31.1. The van der Waals surface area contributed by atoms with Gasteiger partial charge >= 0.3 is 0 Å². The van der Waals surface area contributed by atoms with Crippen LogP contribution in [-0.2, 0) is 29.4 Å². The van der Waals surface area contributed by atoms with Crippen LogP contribution < -0.4 is 9.47 Å². The molecule has 0 aliphatic carbocycles. The third kappa shape index (κ3) is 11.0. The molecule has 232 valence electrons. The molecule has 0 radical (unpaired) electrons. The zero-order valence-electron chi connectivity index (χ0n) is 27.2. The quantitative estimate of drug-likeness (QED) is 0.0853. The molecule has 3 aromatic rings. The fraction of sp³-hybridized carbons (Fsp3) is 0.444. The predicted molar refractivity (Wildman–Crippen MR) is 184 cm³/mol. The van der Waals surface area contributed by atoms with Crippen molar-refractivity contribution in [1.82, 2.24) is 9.97 Å². The van der Waals surface area contributed by atoms with E-state index in [0.717, 1.165) is 67.2 Å². The normalized spacial score (nSPS) is 12.3. The van der Waals surface area contributed by atoms with Crippen molar-refractivity contribution in [1.29, 1.82) is 0 Å². The van der Waals surface area contributed by atoms with Crippen LogP contribution in [0.3, 0.4) is 0 Å². The van der Waals surface area contributed by atoms with Crippen molar-refractivity contribution in [2.24, 2.45) is 0 Å². The Labute approximate surface area is 265 Å². The summed E-state index contributed by atoms with van der Waals surface area (Å²) in [7, 11) is 1.76. The van der Waals surface area contributed by atoms with Gasteiger partial charge in [-0.1, -0.05) is 63.3 Å². The van der Waals surface area contributed by atoms with E-state index in [1.165, 1.54) is 16.0 Å². The Balaban J connectivity index is 1.52. The molecule has 0 aliphatic rings. The Morgan fingerprint density at radius 1 is 0.721 bits per heavy atom. The zero-order valence-corrected chi connectivity index (χ0v) is 29.0. The highest BCUT2D eigenvalue weighted by atomic mass is 32.2. The van der Waals surface area contributed by atoms with Crippen molar-refractivity contribution < 1.29 is 13.9 Å². The first kappa shape index (κ1) is 34.6. The molecule has 7 heteroatoms. The molecule has 0 atom stereocenters. The number of ether oxygens (including phenoxy) is 2. The summed E-state index contributed by atoms with van der Waals surface area (Å²) in [5, 5.41) is 0.226. The van der Waals surface area contributed by atoms with Crippen LogP contribution in [0.4, 0.5) is 0 Å². The summed E-state index contributed by atoms with van der Waals surface area (Å²) in [6, 6.07) is 14.4. The minimum absolute atomic E-state index is 0.226. The first-order chi connectivity index (χ1) is 20.7. The maximum absolute atomic E-state index is 6.27. The maximum Gasteiger partial charge on any atom is 0.192 e. The molecule has 2 heterocycles. The van der Waals surface area contributed by atoms with Crippen LogP contribution >= 0.6 is 11.8 Å². The molecule has 0 aliphatic heterocycles. The van der Waals surface area contributed by atoms with E-state index in [1.54, 1.807) is 26.0 Å². The summed E-state index contributed by atoms with van der Waals surface area (Å²) in [5.74, 6) is 2.66. The van der Waals surface area contributed by atoms with Crippen molar-refractivity contribution in [3.05, 3.63) is 102 Å². The highest BCUT2D eigenvalue weighted by Crippen LogP contribution is 2.36. The molecule has 43 heavy (non-hydrogen) atoms. The van der Waals surface area contributed by atoms with Crippen molar-refractivity contribution in [2.75, 3.05) is 20.8 Å². The summed E-state index contributed by atoms with van der Waals surface area (Å²) < 4.78 is 17.7. The fourth-order valence-corrected chi connectivity index (χ4v) is 6.37. The molecule has 0 unspecified atom stereocenters. The number of thioether (sulfide) groups is 1. The van der Waals surface area contributed by atoms with Gasteiger partial charge in [0.05, 0.1) is 26.5 Å². The van der Waals surface area contributed by atoms with Crippen LogP contribution in [0.15, 0.2) is 84.1 Å². The van der Waals surface area contributed by atoms with Crippen LogP contribution in [0.25, 0.3) is 0 Å². The Morgan fingerprint density at radius 2 is 1.26 bits per heavy atom. The Morgan fingerprint density at radius 3 is 1.84 bits per heavy atom.